The molecular weight excluding hydrogens is 432 g/mol. The number of aromatic nitrogens is 1. The van der Waals surface area contributed by atoms with E-state index in [1.54, 1.807) is 12.1 Å². The Morgan fingerprint density at radius 3 is 2.59 bits per heavy atom. The number of benzene rings is 2. The van der Waals surface area contributed by atoms with E-state index in [1.165, 1.54) is 0 Å². The SMILES string of the molecule is O=C(OCc1ccccc1)C(Oc1ccc(Cc2sc(=O)[nH]c2O)cc1)[C@H]1COCCN1. The number of carbonyl (C=O) groups excluding carboxylic acids is 1. The van der Waals surface area contributed by atoms with Crippen LogP contribution in [-0.2, 0) is 27.3 Å². The van der Waals surface area contributed by atoms with Gasteiger partial charge in [0, 0.05) is 13.0 Å². The zero-order valence-corrected chi connectivity index (χ0v) is 18.1. The Kier molecular flexibility index (Phi) is 7.21. The summed E-state index contributed by atoms with van der Waals surface area (Å²) in [4.78, 5) is 26.9. The van der Waals surface area contributed by atoms with Gasteiger partial charge < -0.3 is 24.6 Å². The number of nitrogens with one attached hydrogen (secondary N) is 2. The number of esters is 1. The van der Waals surface area contributed by atoms with Crippen molar-refractivity contribution in [1.82, 2.24) is 10.3 Å². The summed E-state index contributed by atoms with van der Waals surface area (Å²) in [5, 5.41) is 13.0. The van der Waals surface area contributed by atoms with E-state index in [9.17, 15) is 14.7 Å². The average molecular weight is 457 g/mol. The number of aromatic amines is 1. The number of hydrogen-bond acceptors (Lipinski definition) is 8. The standard InChI is InChI=1S/C23H24N2O6S/c26-21-19(32-23(28)25-21)12-15-6-8-17(9-7-15)31-20(18-14-29-11-10-24-18)22(27)30-13-16-4-2-1-3-5-16/h1-9,18,20,24,26H,10-14H2,(H,25,28)/t18-,20?/m1/s1. The Balaban J connectivity index is 1.43. The van der Waals surface area contributed by atoms with E-state index in [4.69, 9.17) is 14.2 Å². The molecule has 1 unspecified atom stereocenters. The first-order valence-electron chi connectivity index (χ1n) is 10.3. The number of ether oxygens (including phenoxy) is 3. The summed E-state index contributed by atoms with van der Waals surface area (Å²) in [7, 11) is 0. The summed E-state index contributed by atoms with van der Waals surface area (Å²) in [5.41, 5.74) is 1.79. The molecule has 0 bridgehead atoms. The first-order valence-corrected chi connectivity index (χ1v) is 11.1. The van der Waals surface area contributed by atoms with Crippen molar-refractivity contribution < 1.29 is 24.1 Å². The number of carbonyl (C=O) groups is 1. The van der Waals surface area contributed by atoms with E-state index in [1.807, 2.05) is 42.5 Å². The summed E-state index contributed by atoms with van der Waals surface area (Å²) in [6.07, 6.45) is -0.459. The van der Waals surface area contributed by atoms with Gasteiger partial charge in [-0.2, -0.15) is 0 Å². The first-order chi connectivity index (χ1) is 15.6. The van der Waals surface area contributed by atoms with Crippen molar-refractivity contribution in [2.24, 2.45) is 0 Å². The fraction of sp³-hybridized carbons (Fsp3) is 0.304. The third-order valence-corrected chi connectivity index (χ3v) is 5.90. The summed E-state index contributed by atoms with van der Waals surface area (Å²) >= 11 is 0.975. The van der Waals surface area contributed by atoms with Gasteiger partial charge in [-0.15, -0.1) is 0 Å². The van der Waals surface area contributed by atoms with Crippen LogP contribution in [0.2, 0.25) is 0 Å². The molecule has 2 heterocycles. The maximum atomic E-state index is 12.9. The van der Waals surface area contributed by atoms with Crippen molar-refractivity contribution in [3.63, 3.8) is 0 Å². The first kappa shape index (κ1) is 22.1. The van der Waals surface area contributed by atoms with E-state index in [0.29, 0.717) is 36.8 Å². The smallest absolute Gasteiger partial charge is 0.349 e. The maximum absolute atomic E-state index is 12.9. The van der Waals surface area contributed by atoms with Gasteiger partial charge in [-0.1, -0.05) is 53.8 Å². The molecule has 1 aliphatic heterocycles. The Bertz CT molecular complexity index is 1070. The molecular formula is C23H24N2O6S. The Morgan fingerprint density at radius 2 is 1.94 bits per heavy atom. The molecule has 0 amide bonds. The molecule has 0 radical (unpaired) electrons. The van der Waals surface area contributed by atoms with E-state index in [-0.39, 0.29) is 23.4 Å². The molecule has 0 spiro atoms. The molecule has 1 fully saturated rings. The van der Waals surface area contributed by atoms with Gasteiger partial charge in [-0.25, -0.2) is 4.79 Å². The van der Waals surface area contributed by atoms with E-state index >= 15 is 0 Å². The second-order valence-electron chi connectivity index (χ2n) is 7.37. The molecule has 3 N–H and O–H groups in total. The third kappa shape index (κ3) is 5.76. The molecule has 8 nitrogen and oxygen atoms in total. The van der Waals surface area contributed by atoms with Gasteiger partial charge in [0.2, 0.25) is 12.0 Å². The van der Waals surface area contributed by atoms with Crippen LogP contribution < -0.4 is 14.9 Å². The van der Waals surface area contributed by atoms with Crippen molar-refractivity contribution >= 4 is 17.3 Å². The van der Waals surface area contributed by atoms with Crippen LogP contribution in [0.15, 0.2) is 59.4 Å². The molecule has 1 saturated heterocycles. The largest absolute Gasteiger partial charge is 0.494 e. The summed E-state index contributed by atoms with van der Waals surface area (Å²) in [5.74, 6) is -0.0675. The van der Waals surface area contributed by atoms with Gasteiger partial charge in [0.1, 0.15) is 12.4 Å². The van der Waals surface area contributed by atoms with Gasteiger partial charge in [-0.05, 0) is 23.3 Å². The van der Waals surface area contributed by atoms with Crippen molar-refractivity contribution in [3.8, 4) is 11.6 Å². The Hall–Kier alpha value is -3.14. The molecule has 1 aromatic heterocycles. The van der Waals surface area contributed by atoms with Crippen molar-refractivity contribution in [3.05, 3.63) is 80.3 Å². The Morgan fingerprint density at radius 1 is 1.16 bits per heavy atom. The van der Waals surface area contributed by atoms with Crippen molar-refractivity contribution in [2.45, 2.75) is 25.2 Å². The molecule has 168 valence electrons. The number of aromatic hydroxyl groups is 1. The number of morpholine rings is 1. The lowest BCUT2D eigenvalue weighted by molar-refractivity contribution is -0.156. The fourth-order valence-electron chi connectivity index (χ4n) is 3.38. The molecule has 0 aliphatic carbocycles. The highest BCUT2D eigenvalue weighted by Gasteiger charge is 2.33. The quantitative estimate of drug-likeness (QED) is 0.446. The van der Waals surface area contributed by atoms with Gasteiger partial charge in [0.25, 0.3) is 0 Å². The highest BCUT2D eigenvalue weighted by atomic mass is 32.1. The van der Waals surface area contributed by atoms with Crippen LogP contribution in [0.1, 0.15) is 16.0 Å². The molecule has 2 aromatic carbocycles. The number of rotatable bonds is 8. The third-order valence-electron chi connectivity index (χ3n) is 5.02. The predicted octanol–water partition coefficient (Wildman–Crippen LogP) is 2.21. The number of thiazole rings is 1. The van der Waals surface area contributed by atoms with Crippen LogP contribution in [0, 0.1) is 0 Å². The van der Waals surface area contributed by atoms with Crippen LogP contribution in [0.25, 0.3) is 0 Å². The van der Waals surface area contributed by atoms with Crippen LogP contribution in [0.5, 0.6) is 11.6 Å². The normalized spacial score (nSPS) is 16.9. The molecule has 32 heavy (non-hydrogen) atoms. The molecule has 3 aromatic rings. The molecule has 4 rings (SSSR count). The maximum Gasteiger partial charge on any atom is 0.349 e. The van der Waals surface area contributed by atoms with Crippen molar-refractivity contribution in [1.29, 1.82) is 0 Å². The zero-order chi connectivity index (χ0) is 22.3. The minimum Gasteiger partial charge on any atom is -0.494 e. The number of H-pyrrole nitrogens is 1. The lowest BCUT2D eigenvalue weighted by atomic mass is 10.1. The molecule has 9 heteroatoms. The summed E-state index contributed by atoms with van der Waals surface area (Å²) < 4.78 is 17.0. The van der Waals surface area contributed by atoms with Gasteiger partial charge >= 0.3 is 10.8 Å². The predicted molar refractivity (Wildman–Crippen MR) is 119 cm³/mol. The Labute approximate surface area is 188 Å². The van der Waals surface area contributed by atoms with Crippen molar-refractivity contribution in [2.75, 3.05) is 19.8 Å². The second kappa shape index (κ2) is 10.4. The minimum absolute atomic E-state index is 0.107. The van der Waals surface area contributed by atoms with Crippen LogP contribution in [0.4, 0.5) is 0 Å². The lowest BCUT2D eigenvalue weighted by Gasteiger charge is -2.30. The topological polar surface area (TPSA) is 110 Å². The van der Waals surface area contributed by atoms with E-state index in [0.717, 1.165) is 22.5 Å². The average Bonchev–Trinajstić information content (AvgIpc) is 3.14. The summed E-state index contributed by atoms with van der Waals surface area (Å²) in [6, 6.07) is 16.3. The highest BCUT2D eigenvalue weighted by Crippen LogP contribution is 2.23. The molecule has 2 atom stereocenters. The minimum atomic E-state index is -0.871. The van der Waals surface area contributed by atoms with Crippen LogP contribution in [-0.4, -0.2) is 48.0 Å². The van der Waals surface area contributed by atoms with Gasteiger partial charge in [0.15, 0.2) is 0 Å². The van der Waals surface area contributed by atoms with E-state index in [2.05, 4.69) is 10.3 Å². The highest BCUT2D eigenvalue weighted by molar-refractivity contribution is 7.09. The van der Waals surface area contributed by atoms with E-state index < -0.39 is 12.1 Å². The van der Waals surface area contributed by atoms with Gasteiger partial charge in [-0.3, -0.25) is 9.78 Å². The second-order valence-corrected chi connectivity index (χ2v) is 8.44. The number of hydrogen-bond donors (Lipinski definition) is 3. The molecule has 1 aliphatic rings. The summed E-state index contributed by atoms with van der Waals surface area (Å²) in [6.45, 7) is 1.71. The monoisotopic (exact) mass is 456 g/mol. The molecule has 0 saturated carbocycles. The van der Waals surface area contributed by atoms with Crippen LogP contribution >= 0.6 is 11.3 Å². The zero-order valence-electron chi connectivity index (χ0n) is 17.3. The van der Waals surface area contributed by atoms with Crippen LogP contribution in [0.3, 0.4) is 0 Å². The van der Waals surface area contributed by atoms with Gasteiger partial charge in [0.05, 0.1) is 24.1 Å². The lowest BCUT2D eigenvalue weighted by Crippen LogP contribution is -2.54. The fourth-order valence-corrected chi connectivity index (χ4v) is 4.13.